The summed E-state index contributed by atoms with van der Waals surface area (Å²) in [6.07, 6.45) is -0.336. The Labute approximate surface area is 118 Å². The maximum atomic E-state index is 10.6. The molecule has 10 nitrogen and oxygen atoms in total. The molecule has 0 saturated carbocycles. The lowest BCUT2D eigenvalue weighted by molar-refractivity contribution is -0.396. The molecule has 20 heavy (non-hydrogen) atoms. The third-order valence-corrected chi connectivity index (χ3v) is 2.30. The Kier molecular flexibility index (Phi) is 5.87. The Balaban J connectivity index is 0.00000361. The van der Waals surface area contributed by atoms with Crippen molar-refractivity contribution in [2.24, 2.45) is 5.73 Å². The van der Waals surface area contributed by atoms with Crippen molar-refractivity contribution in [2.45, 2.75) is 12.5 Å². The van der Waals surface area contributed by atoms with Gasteiger partial charge in [0.25, 0.3) is 5.75 Å². The molecule has 0 saturated heterocycles. The molecule has 0 amide bonds. The van der Waals surface area contributed by atoms with Crippen LogP contribution in [0.3, 0.4) is 0 Å². The number of rotatable bonds is 5. The van der Waals surface area contributed by atoms with E-state index in [1.54, 1.807) is 0 Å². The Morgan fingerprint density at radius 2 is 1.65 bits per heavy atom. The molecule has 0 aromatic heterocycles. The van der Waals surface area contributed by atoms with E-state index < -0.39 is 39.0 Å². The lowest BCUT2D eigenvalue weighted by Crippen LogP contribution is -2.32. The largest absolute Gasteiger partial charge is 0.497 e. The van der Waals surface area contributed by atoms with Gasteiger partial charge in [-0.3, -0.25) is 25.0 Å². The lowest BCUT2D eigenvalue weighted by Gasteiger charge is -2.07. The molecule has 11 heteroatoms. The second-order valence-corrected chi connectivity index (χ2v) is 3.65. The van der Waals surface area contributed by atoms with Gasteiger partial charge in [0.05, 0.1) is 9.85 Å². The number of hydrogen-bond donors (Lipinski definition) is 3. The van der Waals surface area contributed by atoms with Crippen LogP contribution in [0.2, 0.25) is 0 Å². The van der Waals surface area contributed by atoms with Crippen LogP contribution in [-0.4, -0.2) is 32.1 Å². The summed E-state index contributed by atoms with van der Waals surface area (Å²) < 4.78 is 0. The quantitative estimate of drug-likeness (QED) is 0.514. The van der Waals surface area contributed by atoms with Crippen molar-refractivity contribution in [3.8, 4) is 5.75 Å². The summed E-state index contributed by atoms with van der Waals surface area (Å²) >= 11 is 0. The van der Waals surface area contributed by atoms with Gasteiger partial charge in [0.15, 0.2) is 0 Å². The van der Waals surface area contributed by atoms with Crippen molar-refractivity contribution in [3.05, 3.63) is 37.9 Å². The minimum Gasteiger partial charge on any atom is -0.497 e. The predicted molar refractivity (Wildman–Crippen MR) is 71.1 cm³/mol. The van der Waals surface area contributed by atoms with E-state index in [9.17, 15) is 30.1 Å². The Morgan fingerprint density at radius 1 is 1.25 bits per heavy atom. The number of aromatic hydroxyl groups is 1. The SMILES string of the molecule is N[C@@H](Cc1cc([N+](=O)[O-])c(O)c([N+](=O)[O-])c1)C(=O)O.S. The van der Waals surface area contributed by atoms with E-state index in [1.165, 1.54) is 0 Å². The lowest BCUT2D eigenvalue weighted by atomic mass is 10.0. The molecule has 110 valence electrons. The highest BCUT2D eigenvalue weighted by molar-refractivity contribution is 7.59. The first-order chi connectivity index (χ1) is 8.73. The van der Waals surface area contributed by atoms with Crippen molar-refractivity contribution in [1.29, 1.82) is 0 Å². The van der Waals surface area contributed by atoms with Gasteiger partial charge in [-0.25, -0.2) is 0 Å². The van der Waals surface area contributed by atoms with Gasteiger partial charge in [-0.1, -0.05) is 0 Å². The first-order valence-corrected chi connectivity index (χ1v) is 4.87. The standard InChI is InChI=1S/C9H9N3O7.H2S/c10-5(9(14)15)1-4-2-6(11(16)17)8(13)7(3-4)12(18)19;/h2-3,5,13H,1,10H2,(H,14,15);1H2/t5-;/m0./s1. The van der Waals surface area contributed by atoms with Gasteiger partial charge in [-0.15, -0.1) is 0 Å². The second-order valence-electron chi connectivity index (χ2n) is 3.65. The smallest absolute Gasteiger partial charge is 0.320 e. The maximum Gasteiger partial charge on any atom is 0.320 e. The molecule has 1 aromatic rings. The van der Waals surface area contributed by atoms with E-state index in [1.807, 2.05) is 0 Å². The number of phenols is 1. The summed E-state index contributed by atoms with van der Waals surface area (Å²) in [5.74, 6) is -2.43. The summed E-state index contributed by atoms with van der Waals surface area (Å²) in [6.45, 7) is 0. The average molecular weight is 305 g/mol. The van der Waals surface area contributed by atoms with Gasteiger partial charge < -0.3 is 15.9 Å². The normalized spacial score (nSPS) is 11.2. The fraction of sp³-hybridized carbons (Fsp3) is 0.222. The summed E-state index contributed by atoms with van der Waals surface area (Å²) in [4.78, 5) is 29.9. The number of carboxylic acid groups (broad SMARTS) is 1. The summed E-state index contributed by atoms with van der Waals surface area (Å²) in [5.41, 5.74) is 3.47. The molecule has 0 aliphatic rings. The molecule has 0 radical (unpaired) electrons. The number of nitrogens with two attached hydrogens (primary N) is 1. The molecule has 0 aliphatic heterocycles. The van der Waals surface area contributed by atoms with Gasteiger partial charge >= 0.3 is 17.3 Å². The highest BCUT2D eigenvalue weighted by Gasteiger charge is 2.27. The summed E-state index contributed by atoms with van der Waals surface area (Å²) in [5, 5.41) is 39.3. The molecule has 0 aliphatic carbocycles. The first-order valence-electron chi connectivity index (χ1n) is 4.87. The number of carboxylic acids is 1. The third-order valence-electron chi connectivity index (χ3n) is 2.30. The van der Waals surface area contributed by atoms with Crippen molar-refractivity contribution in [2.75, 3.05) is 0 Å². The molecule has 1 rings (SSSR count). The van der Waals surface area contributed by atoms with Crippen LogP contribution < -0.4 is 5.73 Å². The number of nitro groups is 2. The van der Waals surface area contributed by atoms with E-state index in [0.717, 1.165) is 12.1 Å². The fourth-order valence-electron chi connectivity index (χ4n) is 1.40. The zero-order chi connectivity index (χ0) is 14.7. The Morgan fingerprint density at radius 3 is 1.95 bits per heavy atom. The highest BCUT2D eigenvalue weighted by atomic mass is 32.1. The molecular formula is C9H11N3O7S. The summed E-state index contributed by atoms with van der Waals surface area (Å²) in [6, 6.07) is 0.347. The number of nitro benzene ring substituents is 2. The monoisotopic (exact) mass is 305 g/mol. The van der Waals surface area contributed by atoms with Crippen molar-refractivity contribution in [3.63, 3.8) is 0 Å². The van der Waals surface area contributed by atoms with Crippen molar-refractivity contribution < 1.29 is 24.9 Å². The van der Waals surface area contributed by atoms with Crippen LogP contribution in [0.25, 0.3) is 0 Å². The minimum atomic E-state index is -1.36. The molecule has 0 spiro atoms. The van der Waals surface area contributed by atoms with E-state index in [-0.39, 0.29) is 25.5 Å². The number of aliphatic carboxylic acids is 1. The van der Waals surface area contributed by atoms with Crippen molar-refractivity contribution in [1.82, 2.24) is 0 Å². The molecular weight excluding hydrogens is 294 g/mol. The van der Waals surface area contributed by atoms with Gasteiger partial charge in [0.1, 0.15) is 6.04 Å². The van der Waals surface area contributed by atoms with E-state index in [2.05, 4.69) is 0 Å². The molecule has 0 unspecified atom stereocenters. The van der Waals surface area contributed by atoms with Crippen LogP contribution >= 0.6 is 13.5 Å². The Hall–Kier alpha value is -2.40. The maximum absolute atomic E-state index is 10.6. The molecule has 1 aromatic carbocycles. The van der Waals surface area contributed by atoms with Crippen LogP contribution in [-0.2, 0) is 11.2 Å². The topological polar surface area (TPSA) is 170 Å². The number of nitrogens with zero attached hydrogens (tertiary/aromatic N) is 2. The van der Waals surface area contributed by atoms with Crippen LogP contribution in [0.4, 0.5) is 11.4 Å². The van der Waals surface area contributed by atoms with Gasteiger partial charge in [0.2, 0.25) is 0 Å². The third kappa shape index (κ3) is 3.80. The molecule has 0 fully saturated rings. The average Bonchev–Trinajstić information content (AvgIpc) is 2.30. The molecule has 0 heterocycles. The van der Waals surface area contributed by atoms with E-state index in [4.69, 9.17) is 10.8 Å². The first kappa shape index (κ1) is 17.6. The zero-order valence-corrected chi connectivity index (χ0v) is 10.8. The highest BCUT2D eigenvalue weighted by Crippen LogP contribution is 2.36. The number of carbonyl (C=O) groups is 1. The molecule has 4 N–H and O–H groups in total. The number of hydrogen-bond acceptors (Lipinski definition) is 7. The van der Waals surface area contributed by atoms with Crippen LogP contribution in [0.15, 0.2) is 12.1 Å². The molecule has 1 atom stereocenters. The number of benzene rings is 1. The van der Waals surface area contributed by atoms with Crippen molar-refractivity contribution >= 4 is 30.8 Å². The fourth-order valence-corrected chi connectivity index (χ4v) is 1.40. The van der Waals surface area contributed by atoms with E-state index in [0.29, 0.717) is 0 Å². The number of phenolic OH excluding ortho intramolecular Hbond substituents is 1. The van der Waals surface area contributed by atoms with Crippen LogP contribution in [0, 0.1) is 20.2 Å². The van der Waals surface area contributed by atoms with Crippen LogP contribution in [0.1, 0.15) is 5.56 Å². The second kappa shape index (κ2) is 6.68. The van der Waals surface area contributed by atoms with Gasteiger partial charge in [-0.2, -0.15) is 13.5 Å². The zero-order valence-electron chi connectivity index (χ0n) is 9.85. The molecule has 0 bridgehead atoms. The summed E-state index contributed by atoms with van der Waals surface area (Å²) in [7, 11) is 0. The van der Waals surface area contributed by atoms with Gasteiger partial charge in [-0.05, 0) is 12.0 Å². The Bertz CT molecular complexity index is 527. The van der Waals surface area contributed by atoms with Gasteiger partial charge in [0, 0.05) is 12.1 Å². The predicted octanol–water partition coefficient (Wildman–Crippen LogP) is 0.276. The van der Waals surface area contributed by atoms with E-state index >= 15 is 0 Å². The minimum absolute atomic E-state index is 0. The van der Waals surface area contributed by atoms with Crippen LogP contribution in [0.5, 0.6) is 5.75 Å².